The van der Waals surface area contributed by atoms with E-state index in [1.54, 1.807) is 0 Å². The van der Waals surface area contributed by atoms with E-state index in [0.29, 0.717) is 37.1 Å². The van der Waals surface area contributed by atoms with Crippen LogP contribution in [0.5, 0.6) is 0 Å². The van der Waals surface area contributed by atoms with Crippen molar-refractivity contribution < 1.29 is 4.39 Å². The Morgan fingerprint density at radius 3 is 2.21 bits per heavy atom. The van der Waals surface area contributed by atoms with Gasteiger partial charge in [-0.05, 0) is 75.0 Å². The molecule has 2 heterocycles. The molecule has 2 aliphatic rings. The molecule has 3 atom stereocenters. The van der Waals surface area contributed by atoms with Gasteiger partial charge in [0.15, 0.2) is 0 Å². The number of rotatable bonds is 5. The van der Waals surface area contributed by atoms with Gasteiger partial charge in [-0.1, -0.05) is 46.8 Å². The predicted molar refractivity (Wildman–Crippen MR) is 124 cm³/mol. The van der Waals surface area contributed by atoms with Crippen molar-refractivity contribution in [2.45, 2.75) is 112 Å². The van der Waals surface area contributed by atoms with Gasteiger partial charge >= 0.3 is 0 Å². The van der Waals surface area contributed by atoms with Gasteiger partial charge in [0.25, 0.3) is 0 Å². The van der Waals surface area contributed by atoms with Crippen LogP contribution in [-0.4, -0.2) is 41.8 Å². The molecule has 0 aliphatic carbocycles. The average molecular weight is 403 g/mol. The van der Waals surface area contributed by atoms with Crippen molar-refractivity contribution in [3.63, 3.8) is 0 Å². The smallest absolute Gasteiger partial charge is 0.114 e. The molecule has 0 aromatic heterocycles. The van der Waals surface area contributed by atoms with Crippen LogP contribution in [0.1, 0.15) is 79.9 Å². The summed E-state index contributed by atoms with van der Waals surface area (Å²) in [5.41, 5.74) is 4.59. The van der Waals surface area contributed by atoms with E-state index in [1.807, 2.05) is 0 Å². The SMILES string of the molecule is CC(C)N1CC(F)CC1C(C)(C)Cc1ccc2c(c1)N(C(C)C)C(C(C)(C)C)C2. The standard InChI is InChI=1S/C26H43FN2/c1-17(2)28-16-21(27)14-24(28)26(8,9)15-19-10-11-20-13-23(25(5,6)7)29(18(3)4)22(20)12-19/h10-12,17-18,21,23-24H,13-16H2,1-9H3. The molecule has 0 saturated carbocycles. The number of fused-ring (bicyclic) bond motifs is 1. The second-order valence-corrected chi connectivity index (χ2v) is 11.9. The van der Waals surface area contributed by atoms with Gasteiger partial charge in [-0.15, -0.1) is 0 Å². The first-order valence-corrected chi connectivity index (χ1v) is 11.6. The zero-order valence-electron chi connectivity index (χ0n) is 20.2. The summed E-state index contributed by atoms with van der Waals surface area (Å²) in [6, 6.07) is 8.84. The van der Waals surface area contributed by atoms with Gasteiger partial charge in [0.2, 0.25) is 0 Å². The molecule has 2 nitrogen and oxygen atoms in total. The third kappa shape index (κ3) is 4.50. The molecule has 0 amide bonds. The van der Waals surface area contributed by atoms with Crippen molar-refractivity contribution in [2.75, 3.05) is 11.4 Å². The topological polar surface area (TPSA) is 6.48 Å². The summed E-state index contributed by atoms with van der Waals surface area (Å²) in [7, 11) is 0. The third-order valence-electron chi connectivity index (χ3n) is 7.25. The maximum atomic E-state index is 14.3. The third-order valence-corrected chi connectivity index (χ3v) is 7.25. The molecule has 2 aliphatic heterocycles. The lowest BCUT2D eigenvalue weighted by Crippen LogP contribution is -2.46. The largest absolute Gasteiger partial charge is 0.365 e. The second-order valence-electron chi connectivity index (χ2n) is 11.9. The fourth-order valence-corrected chi connectivity index (χ4v) is 5.76. The minimum atomic E-state index is -0.689. The molecule has 0 radical (unpaired) electrons. The molecular weight excluding hydrogens is 359 g/mol. The summed E-state index contributed by atoms with van der Waals surface area (Å²) in [5.74, 6) is 0. The number of anilines is 1. The number of alkyl halides is 1. The highest BCUT2D eigenvalue weighted by Gasteiger charge is 2.43. The van der Waals surface area contributed by atoms with Gasteiger partial charge in [0.05, 0.1) is 0 Å². The number of hydrogen-bond acceptors (Lipinski definition) is 2. The monoisotopic (exact) mass is 402 g/mol. The number of halogens is 1. The van der Waals surface area contributed by atoms with E-state index in [1.165, 1.54) is 16.8 Å². The van der Waals surface area contributed by atoms with Crippen molar-refractivity contribution >= 4 is 5.69 Å². The van der Waals surface area contributed by atoms with E-state index in [4.69, 9.17) is 0 Å². The van der Waals surface area contributed by atoms with Gasteiger partial charge in [-0.3, -0.25) is 4.90 Å². The van der Waals surface area contributed by atoms with E-state index in [0.717, 1.165) is 12.8 Å². The molecule has 3 heteroatoms. The van der Waals surface area contributed by atoms with E-state index < -0.39 is 6.17 Å². The van der Waals surface area contributed by atoms with Crippen molar-refractivity contribution in [3.8, 4) is 0 Å². The summed E-state index contributed by atoms with van der Waals surface area (Å²) >= 11 is 0. The molecule has 1 aromatic carbocycles. The van der Waals surface area contributed by atoms with Gasteiger partial charge in [0.1, 0.15) is 6.17 Å². The molecule has 1 saturated heterocycles. The zero-order chi connectivity index (χ0) is 21.7. The average Bonchev–Trinajstić information content (AvgIpc) is 3.15. The lowest BCUT2D eigenvalue weighted by Gasteiger charge is -2.40. The molecule has 164 valence electrons. The van der Waals surface area contributed by atoms with E-state index >= 15 is 0 Å². The molecule has 1 fully saturated rings. The van der Waals surface area contributed by atoms with Crippen LogP contribution in [0.25, 0.3) is 0 Å². The van der Waals surface area contributed by atoms with Crippen LogP contribution < -0.4 is 4.90 Å². The maximum Gasteiger partial charge on any atom is 0.114 e. The van der Waals surface area contributed by atoms with Crippen LogP contribution in [0.2, 0.25) is 0 Å². The summed E-state index contributed by atoms with van der Waals surface area (Å²) in [4.78, 5) is 5.02. The molecule has 3 rings (SSSR count). The second kappa shape index (κ2) is 7.87. The van der Waals surface area contributed by atoms with E-state index in [-0.39, 0.29) is 10.8 Å². The Morgan fingerprint density at radius 2 is 1.66 bits per heavy atom. The van der Waals surface area contributed by atoms with Gasteiger partial charge in [0, 0.05) is 36.4 Å². The lowest BCUT2D eigenvalue weighted by molar-refractivity contribution is 0.0981. The summed E-state index contributed by atoms with van der Waals surface area (Å²) in [6.07, 6.45) is 2.10. The molecule has 1 aromatic rings. The van der Waals surface area contributed by atoms with Crippen molar-refractivity contribution in [2.24, 2.45) is 10.8 Å². The first kappa shape index (κ1) is 22.6. The van der Waals surface area contributed by atoms with Gasteiger partial charge < -0.3 is 4.90 Å². The quantitative estimate of drug-likeness (QED) is 0.573. The number of hydrogen-bond donors (Lipinski definition) is 0. The lowest BCUT2D eigenvalue weighted by atomic mass is 9.77. The van der Waals surface area contributed by atoms with E-state index in [9.17, 15) is 4.39 Å². The summed E-state index contributed by atoms with van der Waals surface area (Å²) in [5, 5.41) is 0. The Bertz CT molecular complexity index is 716. The highest BCUT2D eigenvalue weighted by molar-refractivity contribution is 5.62. The van der Waals surface area contributed by atoms with Crippen molar-refractivity contribution in [1.82, 2.24) is 4.90 Å². The van der Waals surface area contributed by atoms with Crippen LogP contribution in [0.15, 0.2) is 18.2 Å². The Morgan fingerprint density at radius 1 is 1.00 bits per heavy atom. The minimum absolute atomic E-state index is 0.0457. The maximum absolute atomic E-state index is 14.3. The summed E-state index contributed by atoms with van der Waals surface area (Å²) in [6.45, 7) is 21.3. The van der Waals surface area contributed by atoms with Gasteiger partial charge in [-0.25, -0.2) is 4.39 Å². The van der Waals surface area contributed by atoms with E-state index in [2.05, 4.69) is 90.3 Å². The fraction of sp³-hybridized carbons (Fsp3) is 0.769. The summed E-state index contributed by atoms with van der Waals surface area (Å²) < 4.78 is 14.3. The molecule has 0 N–H and O–H groups in total. The highest BCUT2D eigenvalue weighted by atomic mass is 19.1. The van der Waals surface area contributed by atoms with Crippen LogP contribution in [-0.2, 0) is 12.8 Å². The number of benzene rings is 1. The molecule has 0 spiro atoms. The first-order chi connectivity index (χ1) is 13.3. The van der Waals surface area contributed by atoms with Crippen LogP contribution in [0.4, 0.5) is 10.1 Å². The Labute approximate surface area is 178 Å². The molecular formula is C26H43FN2. The van der Waals surface area contributed by atoms with Crippen LogP contribution >= 0.6 is 0 Å². The van der Waals surface area contributed by atoms with Crippen LogP contribution in [0, 0.1) is 10.8 Å². The normalized spacial score (nSPS) is 26.1. The molecule has 0 bridgehead atoms. The predicted octanol–water partition coefficient (Wildman–Crippen LogP) is 6.26. The van der Waals surface area contributed by atoms with Gasteiger partial charge in [-0.2, -0.15) is 0 Å². The van der Waals surface area contributed by atoms with Crippen molar-refractivity contribution in [1.29, 1.82) is 0 Å². The Balaban J connectivity index is 1.86. The first-order valence-electron chi connectivity index (χ1n) is 11.6. The highest BCUT2D eigenvalue weighted by Crippen LogP contribution is 2.43. The number of nitrogens with zero attached hydrogens (tertiary/aromatic N) is 2. The molecule has 3 unspecified atom stereocenters. The Hall–Kier alpha value is -1.09. The molecule has 29 heavy (non-hydrogen) atoms. The zero-order valence-corrected chi connectivity index (χ0v) is 20.2. The van der Waals surface area contributed by atoms with Crippen LogP contribution in [0.3, 0.4) is 0 Å². The number of likely N-dealkylation sites (tertiary alicyclic amines) is 1. The fourth-order valence-electron chi connectivity index (χ4n) is 5.76. The minimum Gasteiger partial charge on any atom is -0.365 e. The van der Waals surface area contributed by atoms with Crippen molar-refractivity contribution in [3.05, 3.63) is 29.3 Å². The Kier molecular flexibility index (Phi) is 6.13.